The van der Waals surface area contributed by atoms with Gasteiger partial charge in [-0.05, 0) is 79.5 Å². The monoisotopic (exact) mass is 488 g/mol. The van der Waals surface area contributed by atoms with Gasteiger partial charge in [0.1, 0.15) is 11.0 Å². The van der Waals surface area contributed by atoms with Crippen molar-refractivity contribution in [2.45, 2.75) is 33.1 Å². The van der Waals surface area contributed by atoms with Gasteiger partial charge in [0.05, 0.1) is 10.6 Å². The molecule has 2 N–H and O–H groups in total. The topological polar surface area (TPSA) is 115 Å². The molecule has 3 aromatic carbocycles. The zero-order valence-corrected chi connectivity index (χ0v) is 20.1. The Bertz CT molecular complexity index is 1400. The molecule has 10 heteroatoms. The van der Waals surface area contributed by atoms with E-state index in [1.165, 1.54) is 29.8 Å². The summed E-state index contributed by atoms with van der Waals surface area (Å²) >= 11 is 5.29. The van der Waals surface area contributed by atoms with E-state index in [9.17, 15) is 14.9 Å². The predicted octanol–water partition coefficient (Wildman–Crippen LogP) is 5.11. The minimum atomic E-state index is -0.522. The maximum Gasteiger partial charge on any atom is 0.269 e. The molecule has 4 aromatic rings. The highest BCUT2D eigenvalue weighted by Crippen LogP contribution is 2.22. The van der Waals surface area contributed by atoms with Crippen LogP contribution >= 0.6 is 12.2 Å². The van der Waals surface area contributed by atoms with E-state index < -0.39 is 10.8 Å². The first-order valence-electron chi connectivity index (χ1n) is 11.2. The van der Waals surface area contributed by atoms with E-state index in [2.05, 4.69) is 39.9 Å². The Morgan fingerprint density at radius 2 is 1.71 bits per heavy atom. The Kier molecular flexibility index (Phi) is 7.11. The number of carbonyl (C=O) groups is 1. The fraction of sp³-hybridized carbons (Fsp3) is 0.200. The number of amides is 1. The highest BCUT2D eigenvalue weighted by molar-refractivity contribution is 7.80. The van der Waals surface area contributed by atoms with Crippen molar-refractivity contribution in [2.24, 2.45) is 0 Å². The summed E-state index contributed by atoms with van der Waals surface area (Å²) in [5.41, 5.74) is 5.32. The van der Waals surface area contributed by atoms with Gasteiger partial charge in [-0.1, -0.05) is 25.5 Å². The fourth-order valence-electron chi connectivity index (χ4n) is 3.56. The van der Waals surface area contributed by atoms with E-state index in [1.807, 2.05) is 31.2 Å². The molecule has 9 nitrogen and oxygen atoms in total. The van der Waals surface area contributed by atoms with E-state index >= 15 is 0 Å². The molecule has 0 saturated carbocycles. The van der Waals surface area contributed by atoms with Gasteiger partial charge >= 0.3 is 0 Å². The van der Waals surface area contributed by atoms with Crippen LogP contribution in [0.15, 0.2) is 60.7 Å². The van der Waals surface area contributed by atoms with Gasteiger partial charge in [-0.3, -0.25) is 20.2 Å². The number of aromatic nitrogens is 3. The van der Waals surface area contributed by atoms with Gasteiger partial charge < -0.3 is 5.32 Å². The summed E-state index contributed by atoms with van der Waals surface area (Å²) in [7, 11) is 0. The van der Waals surface area contributed by atoms with Crippen molar-refractivity contribution < 1.29 is 9.72 Å². The molecule has 0 fully saturated rings. The summed E-state index contributed by atoms with van der Waals surface area (Å²) in [5, 5.41) is 25.7. The molecule has 0 saturated heterocycles. The number of anilines is 1. The van der Waals surface area contributed by atoms with Gasteiger partial charge in [-0.15, -0.1) is 10.2 Å². The summed E-state index contributed by atoms with van der Waals surface area (Å²) in [4.78, 5) is 24.3. The van der Waals surface area contributed by atoms with Crippen molar-refractivity contribution in [1.82, 2.24) is 20.3 Å². The molecule has 0 aliphatic rings. The maximum atomic E-state index is 12.4. The summed E-state index contributed by atoms with van der Waals surface area (Å²) in [6.45, 7) is 4.09. The van der Waals surface area contributed by atoms with Crippen LogP contribution in [0.5, 0.6) is 0 Å². The number of benzene rings is 3. The molecule has 0 unspecified atom stereocenters. The molecule has 0 bridgehead atoms. The Balaban J connectivity index is 1.46. The van der Waals surface area contributed by atoms with Gasteiger partial charge in [-0.25, -0.2) is 0 Å². The molecule has 4 rings (SSSR count). The SMILES string of the molecule is CCCCc1ccc(-n2nc3cc(C)c(NC(=S)NC(=O)c4ccc([N+](=O)[O-])cc4)cc3n2)cc1. The minimum absolute atomic E-state index is 0.0911. The molecule has 0 aliphatic carbocycles. The van der Waals surface area contributed by atoms with Gasteiger partial charge in [0.15, 0.2) is 5.11 Å². The predicted molar refractivity (Wildman–Crippen MR) is 139 cm³/mol. The van der Waals surface area contributed by atoms with Crippen LogP contribution in [-0.2, 0) is 6.42 Å². The lowest BCUT2D eigenvalue weighted by Gasteiger charge is -2.11. The number of nitro benzene ring substituents is 1. The third-order valence-corrected chi connectivity index (χ3v) is 5.73. The third-order valence-electron chi connectivity index (χ3n) is 5.53. The lowest BCUT2D eigenvalue weighted by molar-refractivity contribution is -0.384. The van der Waals surface area contributed by atoms with Crippen LogP contribution < -0.4 is 10.6 Å². The molecule has 178 valence electrons. The van der Waals surface area contributed by atoms with E-state index in [0.717, 1.165) is 36.0 Å². The molecule has 0 spiro atoms. The molecule has 0 aliphatic heterocycles. The van der Waals surface area contributed by atoms with Gasteiger partial charge in [-0.2, -0.15) is 4.80 Å². The number of nitrogens with one attached hydrogen (secondary N) is 2. The number of rotatable bonds is 7. The highest BCUT2D eigenvalue weighted by Gasteiger charge is 2.13. The van der Waals surface area contributed by atoms with Crippen LogP contribution in [0.2, 0.25) is 0 Å². The Labute approximate surface area is 207 Å². The lowest BCUT2D eigenvalue weighted by Crippen LogP contribution is -2.34. The highest BCUT2D eigenvalue weighted by atomic mass is 32.1. The first-order chi connectivity index (χ1) is 16.8. The van der Waals surface area contributed by atoms with Crippen LogP contribution in [0.25, 0.3) is 16.7 Å². The molecule has 1 aromatic heterocycles. The molecule has 35 heavy (non-hydrogen) atoms. The number of nitro groups is 1. The lowest BCUT2D eigenvalue weighted by atomic mass is 10.1. The largest absolute Gasteiger partial charge is 0.332 e. The second-order valence-corrected chi connectivity index (χ2v) is 8.54. The number of hydrogen-bond acceptors (Lipinski definition) is 6. The average molecular weight is 489 g/mol. The number of non-ortho nitro benzene ring substituents is 1. The van der Waals surface area contributed by atoms with Crippen molar-refractivity contribution in [2.75, 3.05) is 5.32 Å². The zero-order valence-electron chi connectivity index (χ0n) is 19.3. The summed E-state index contributed by atoms with van der Waals surface area (Å²) in [5.74, 6) is -0.468. The normalized spacial score (nSPS) is 10.8. The van der Waals surface area contributed by atoms with Crippen LogP contribution in [-0.4, -0.2) is 30.9 Å². The van der Waals surface area contributed by atoms with Crippen molar-refractivity contribution in [3.8, 4) is 5.69 Å². The van der Waals surface area contributed by atoms with E-state index in [4.69, 9.17) is 12.2 Å². The summed E-state index contributed by atoms with van der Waals surface area (Å²) in [6.07, 6.45) is 3.38. The summed E-state index contributed by atoms with van der Waals surface area (Å²) in [6, 6.07) is 17.2. The third kappa shape index (κ3) is 5.67. The molecule has 1 heterocycles. The molecule has 1 amide bonds. The number of thiocarbonyl (C=S) groups is 1. The van der Waals surface area contributed by atoms with Crippen LogP contribution in [0.1, 0.15) is 41.3 Å². The van der Waals surface area contributed by atoms with Crippen molar-refractivity contribution in [3.63, 3.8) is 0 Å². The van der Waals surface area contributed by atoms with Gasteiger partial charge in [0.2, 0.25) is 0 Å². The van der Waals surface area contributed by atoms with Crippen molar-refractivity contribution >= 4 is 45.6 Å². The Morgan fingerprint density at radius 3 is 2.34 bits per heavy atom. The van der Waals surface area contributed by atoms with Crippen molar-refractivity contribution in [1.29, 1.82) is 0 Å². The fourth-order valence-corrected chi connectivity index (χ4v) is 3.76. The Hall–Kier alpha value is -4.18. The second kappa shape index (κ2) is 10.4. The number of carbonyl (C=O) groups excluding carboxylic acids is 1. The molecular formula is C25H24N6O3S. The average Bonchev–Trinajstić information content (AvgIpc) is 3.25. The number of unbranched alkanes of at least 4 members (excludes halogenated alkanes) is 1. The molecule has 0 radical (unpaired) electrons. The van der Waals surface area contributed by atoms with Crippen LogP contribution in [0, 0.1) is 17.0 Å². The standard InChI is InChI=1S/C25H24N6O3S/c1-3-4-5-17-6-10-19(11-7-17)30-28-22-14-16(2)21(15-23(22)29-30)26-25(35)27-24(32)18-8-12-20(13-9-18)31(33)34/h6-15H,3-5H2,1-2H3,(H2,26,27,32,35). The smallest absolute Gasteiger partial charge is 0.269 e. The molecule has 0 atom stereocenters. The van der Waals surface area contributed by atoms with E-state index in [0.29, 0.717) is 11.2 Å². The first-order valence-corrected chi connectivity index (χ1v) is 11.6. The van der Waals surface area contributed by atoms with E-state index in [1.54, 1.807) is 4.80 Å². The summed E-state index contributed by atoms with van der Waals surface area (Å²) < 4.78 is 0. The Morgan fingerprint density at radius 1 is 1.06 bits per heavy atom. The number of aryl methyl sites for hydroxylation is 2. The van der Waals surface area contributed by atoms with Crippen LogP contribution in [0.4, 0.5) is 11.4 Å². The minimum Gasteiger partial charge on any atom is -0.332 e. The van der Waals surface area contributed by atoms with Gasteiger partial charge in [0, 0.05) is 23.4 Å². The maximum absolute atomic E-state index is 12.4. The van der Waals surface area contributed by atoms with Crippen molar-refractivity contribution in [3.05, 3.63) is 87.5 Å². The second-order valence-electron chi connectivity index (χ2n) is 8.13. The van der Waals surface area contributed by atoms with E-state index in [-0.39, 0.29) is 16.4 Å². The molecular weight excluding hydrogens is 464 g/mol. The first kappa shape index (κ1) is 24.0. The zero-order chi connectivity index (χ0) is 24.9. The number of hydrogen-bond donors (Lipinski definition) is 2. The number of fused-ring (bicyclic) bond motifs is 1. The number of nitrogens with zero attached hydrogens (tertiary/aromatic N) is 4. The quantitative estimate of drug-likeness (QED) is 0.211. The van der Waals surface area contributed by atoms with Gasteiger partial charge in [0.25, 0.3) is 11.6 Å². The van der Waals surface area contributed by atoms with Crippen LogP contribution in [0.3, 0.4) is 0 Å².